The zero-order valence-corrected chi connectivity index (χ0v) is 14.5. The summed E-state index contributed by atoms with van der Waals surface area (Å²) in [6.45, 7) is 3.11. The van der Waals surface area contributed by atoms with Crippen molar-refractivity contribution in [1.82, 2.24) is 19.4 Å². The molecule has 2 aliphatic rings. The van der Waals surface area contributed by atoms with Crippen LogP contribution < -0.4 is 0 Å². The Morgan fingerprint density at radius 3 is 2.38 bits per heavy atom. The van der Waals surface area contributed by atoms with Crippen molar-refractivity contribution in [3.8, 4) is 0 Å². The average molecular weight is 358 g/mol. The highest BCUT2D eigenvalue weighted by molar-refractivity contribution is 5.83. The number of benzene rings is 1. The molecule has 1 N–H and O–H groups in total. The number of piperidine rings is 1. The highest BCUT2D eigenvalue weighted by Gasteiger charge is 2.45. The zero-order chi connectivity index (χ0) is 18.1. The van der Waals surface area contributed by atoms with Crippen LogP contribution in [-0.2, 0) is 15.1 Å². The van der Waals surface area contributed by atoms with Gasteiger partial charge in [-0.2, -0.15) is 0 Å². The molecule has 8 nitrogen and oxygen atoms in total. The Morgan fingerprint density at radius 1 is 1.04 bits per heavy atom. The third-order valence-electron chi connectivity index (χ3n) is 5.46. The number of morpholine rings is 1. The lowest BCUT2D eigenvalue weighted by Gasteiger charge is -2.42. The number of likely N-dealkylation sites (tertiary alicyclic amines) is 1. The fraction of sp³-hybridized carbons (Fsp3) is 0.500. The summed E-state index contributed by atoms with van der Waals surface area (Å²) in [4.78, 5) is 32.8. The first kappa shape index (κ1) is 16.8. The number of urea groups is 1. The number of carboxylic acids is 1. The fourth-order valence-corrected chi connectivity index (χ4v) is 3.88. The fourth-order valence-electron chi connectivity index (χ4n) is 3.88. The predicted molar refractivity (Wildman–Crippen MR) is 93.9 cm³/mol. The Balaban J connectivity index is 1.56. The van der Waals surface area contributed by atoms with Gasteiger partial charge in [-0.15, -0.1) is 0 Å². The van der Waals surface area contributed by atoms with Crippen LogP contribution in [0.15, 0.2) is 30.6 Å². The SMILES string of the molecule is O=C(N1CCOCC1)N1CCC(C(=O)O)(n2cnc3ccccc32)CC1. The van der Waals surface area contributed by atoms with Crippen LogP contribution in [0.5, 0.6) is 0 Å². The van der Waals surface area contributed by atoms with Crippen molar-refractivity contribution in [3.05, 3.63) is 30.6 Å². The van der Waals surface area contributed by atoms with Gasteiger partial charge in [-0.25, -0.2) is 14.6 Å². The monoisotopic (exact) mass is 358 g/mol. The van der Waals surface area contributed by atoms with Gasteiger partial charge >= 0.3 is 12.0 Å². The van der Waals surface area contributed by atoms with Gasteiger partial charge in [0, 0.05) is 26.2 Å². The summed E-state index contributed by atoms with van der Waals surface area (Å²) in [5, 5.41) is 10.0. The van der Waals surface area contributed by atoms with Crippen molar-refractivity contribution in [2.24, 2.45) is 0 Å². The third-order valence-corrected chi connectivity index (χ3v) is 5.46. The number of fused-ring (bicyclic) bond motifs is 1. The summed E-state index contributed by atoms with van der Waals surface area (Å²) in [5.74, 6) is -0.876. The number of carbonyl (C=O) groups excluding carboxylic acids is 1. The summed E-state index contributed by atoms with van der Waals surface area (Å²) in [6, 6.07) is 7.50. The second-order valence-electron chi connectivity index (χ2n) is 6.81. The second-order valence-corrected chi connectivity index (χ2v) is 6.81. The number of ether oxygens (including phenoxy) is 1. The van der Waals surface area contributed by atoms with Crippen LogP contribution in [0.2, 0.25) is 0 Å². The molecule has 2 aromatic rings. The minimum atomic E-state index is -1.07. The number of carbonyl (C=O) groups is 2. The molecule has 0 bridgehead atoms. The standard InChI is InChI=1S/C18H22N4O4/c23-16(24)18(22-13-19-14-3-1-2-4-15(14)22)5-7-20(8-6-18)17(25)21-9-11-26-12-10-21/h1-4,13H,5-12H2,(H,23,24). The molecule has 4 rings (SSSR count). The van der Waals surface area contributed by atoms with Crippen LogP contribution in [0.4, 0.5) is 4.79 Å². The first-order valence-corrected chi connectivity index (χ1v) is 8.89. The van der Waals surface area contributed by atoms with Gasteiger partial charge in [0.25, 0.3) is 0 Å². The molecule has 1 aromatic carbocycles. The lowest BCUT2D eigenvalue weighted by atomic mass is 9.87. The molecule has 0 unspecified atom stereocenters. The molecule has 0 saturated carbocycles. The molecule has 2 amide bonds. The van der Waals surface area contributed by atoms with Crippen LogP contribution in [0, 0.1) is 0 Å². The average Bonchev–Trinajstić information content (AvgIpc) is 3.12. The van der Waals surface area contributed by atoms with E-state index >= 15 is 0 Å². The van der Waals surface area contributed by atoms with E-state index in [1.807, 2.05) is 24.3 Å². The zero-order valence-electron chi connectivity index (χ0n) is 14.5. The molecule has 1 aromatic heterocycles. The summed E-state index contributed by atoms with van der Waals surface area (Å²) in [6.07, 6.45) is 2.33. The summed E-state index contributed by atoms with van der Waals surface area (Å²) in [7, 11) is 0. The summed E-state index contributed by atoms with van der Waals surface area (Å²) < 4.78 is 7.06. The molecule has 2 fully saturated rings. The van der Waals surface area contributed by atoms with Gasteiger partial charge in [0.2, 0.25) is 0 Å². The van der Waals surface area contributed by atoms with Crippen LogP contribution in [-0.4, -0.2) is 75.9 Å². The number of aromatic nitrogens is 2. The van der Waals surface area contributed by atoms with Crippen molar-refractivity contribution >= 4 is 23.0 Å². The number of hydrogen-bond acceptors (Lipinski definition) is 4. The number of para-hydroxylation sites is 2. The predicted octanol–water partition coefficient (Wildman–Crippen LogP) is 1.36. The summed E-state index contributed by atoms with van der Waals surface area (Å²) >= 11 is 0. The van der Waals surface area contributed by atoms with E-state index in [0.717, 1.165) is 11.0 Å². The van der Waals surface area contributed by atoms with Crippen LogP contribution in [0.3, 0.4) is 0 Å². The first-order valence-electron chi connectivity index (χ1n) is 8.89. The van der Waals surface area contributed by atoms with Crippen molar-refractivity contribution in [2.75, 3.05) is 39.4 Å². The Bertz CT molecular complexity index is 819. The molecule has 26 heavy (non-hydrogen) atoms. The lowest BCUT2D eigenvalue weighted by Crippen LogP contribution is -2.55. The van der Waals surface area contributed by atoms with E-state index in [0.29, 0.717) is 52.2 Å². The minimum Gasteiger partial charge on any atom is -0.479 e. The van der Waals surface area contributed by atoms with Gasteiger partial charge < -0.3 is 24.2 Å². The van der Waals surface area contributed by atoms with E-state index in [1.165, 1.54) is 0 Å². The number of hydrogen-bond donors (Lipinski definition) is 1. The highest BCUT2D eigenvalue weighted by Crippen LogP contribution is 2.34. The first-order chi connectivity index (χ1) is 12.6. The largest absolute Gasteiger partial charge is 0.479 e. The molecule has 3 heterocycles. The van der Waals surface area contributed by atoms with E-state index in [-0.39, 0.29) is 6.03 Å². The van der Waals surface area contributed by atoms with E-state index in [1.54, 1.807) is 20.7 Å². The number of rotatable bonds is 2. The molecule has 138 valence electrons. The maximum atomic E-state index is 12.7. The summed E-state index contributed by atoms with van der Waals surface area (Å²) in [5.41, 5.74) is 0.514. The molecule has 8 heteroatoms. The quantitative estimate of drug-likeness (QED) is 0.876. The molecule has 2 saturated heterocycles. The van der Waals surface area contributed by atoms with Gasteiger partial charge in [-0.3, -0.25) is 0 Å². The van der Waals surface area contributed by atoms with Gasteiger partial charge in [-0.05, 0) is 25.0 Å². The van der Waals surface area contributed by atoms with E-state index in [4.69, 9.17) is 4.74 Å². The number of carboxylic acid groups (broad SMARTS) is 1. The Labute approximate surface area is 151 Å². The molecule has 0 atom stereocenters. The molecular weight excluding hydrogens is 336 g/mol. The number of amides is 2. The Morgan fingerprint density at radius 2 is 1.69 bits per heavy atom. The van der Waals surface area contributed by atoms with Crippen LogP contribution in [0.1, 0.15) is 12.8 Å². The van der Waals surface area contributed by atoms with E-state index < -0.39 is 11.5 Å². The number of imidazole rings is 1. The van der Waals surface area contributed by atoms with E-state index in [9.17, 15) is 14.7 Å². The smallest absolute Gasteiger partial charge is 0.330 e. The van der Waals surface area contributed by atoms with Gasteiger partial charge in [0.05, 0.1) is 30.6 Å². The van der Waals surface area contributed by atoms with Gasteiger partial charge in [0.1, 0.15) is 5.54 Å². The molecule has 0 aliphatic carbocycles. The Kier molecular flexibility index (Phi) is 4.28. The van der Waals surface area contributed by atoms with Crippen molar-refractivity contribution in [3.63, 3.8) is 0 Å². The topological polar surface area (TPSA) is 87.9 Å². The lowest BCUT2D eigenvalue weighted by molar-refractivity contribution is -0.150. The maximum Gasteiger partial charge on any atom is 0.330 e. The number of aliphatic carboxylic acids is 1. The van der Waals surface area contributed by atoms with Crippen LogP contribution in [0.25, 0.3) is 11.0 Å². The third kappa shape index (κ3) is 2.70. The van der Waals surface area contributed by atoms with Crippen molar-refractivity contribution in [2.45, 2.75) is 18.4 Å². The van der Waals surface area contributed by atoms with Gasteiger partial charge in [-0.1, -0.05) is 12.1 Å². The number of nitrogens with zero attached hydrogens (tertiary/aromatic N) is 4. The van der Waals surface area contributed by atoms with E-state index in [2.05, 4.69) is 4.98 Å². The molecule has 0 spiro atoms. The molecule has 0 radical (unpaired) electrons. The maximum absolute atomic E-state index is 12.7. The normalized spacial score (nSPS) is 20.3. The van der Waals surface area contributed by atoms with Crippen molar-refractivity contribution < 1.29 is 19.4 Å². The molecule has 2 aliphatic heterocycles. The van der Waals surface area contributed by atoms with Gasteiger partial charge in [0.15, 0.2) is 0 Å². The minimum absolute atomic E-state index is 0.0252. The highest BCUT2D eigenvalue weighted by atomic mass is 16.5. The molecular formula is C18H22N4O4. The van der Waals surface area contributed by atoms with Crippen LogP contribution >= 0.6 is 0 Å². The van der Waals surface area contributed by atoms with Crippen molar-refractivity contribution in [1.29, 1.82) is 0 Å². The second kappa shape index (κ2) is 6.60. The Hall–Kier alpha value is -2.61.